The van der Waals surface area contributed by atoms with Gasteiger partial charge in [-0.3, -0.25) is 9.13 Å². The largest absolute Gasteiger partial charge is 0.408 e. The fourth-order valence-corrected chi connectivity index (χ4v) is 1.41. The molecule has 0 saturated carbocycles. The zero-order valence-corrected chi connectivity index (χ0v) is 12.0. The summed E-state index contributed by atoms with van der Waals surface area (Å²) in [5.41, 5.74) is -1.50. The summed E-state index contributed by atoms with van der Waals surface area (Å²) in [7, 11) is -6.40. The molecule has 0 aromatic heterocycles. The number of hydrogen-bond donors (Lipinski definition) is 5. The summed E-state index contributed by atoms with van der Waals surface area (Å²) in [6.45, 7) is -1.92. The van der Waals surface area contributed by atoms with Gasteiger partial charge < -0.3 is 29.8 Å². The van der Waals surface area contributed by atoms with Gasteiger partial charge in [-0.1, -0.05) is 0 Å². The molecule has 0 spiro atoms. The second kappa shape index (κ2) is 11.8. The summed E-state index contributed by atoms with van der Waals surface area (Å²) in [6.07, 6.45) is -0.0784. The van der Waals surface area contributed by atoms with Crippen molar-refractivity contribution < 1.29 is 43.3 Å². The molecule has 0 heterocycles. The fraction of sp³-hybridized carbons (Fsp3) is 0.714. The molecule has 0 radical (unpaired) electrons. The van der Waals surface area contributed by atoms with Crippen LogP contribution in [0.4, 0.5) is 0 Å². The molecule has 3 unspecified atom stereocenters. The Morgan fingerprint density at radius 3 is 1.60 bits per heavy atom. The molecular weight excluding hydrogens is 318 g/mol. The van der Waals surface area contributed by atoms with Crippen LogP contribution in [0.5, 0.6) is 0 Å². The van der Waals surface area contributed by atoms with Gasteiger partial charge in [-0.15, -0.1) is 0 Å². The van der Waals surface area contributed by atoms with Crippen LogP contribution in [-0.2, 0) is 18.2 Å². The third kappa shape index (κ3) is 8.23. The molecule has 20 heavy (non-hydrogen) atoms. The predicted molar refractivity (Wildman–Crippen MR) is 63.3 cm³/mol. The van der Waals surface area contributed by atoms with Gasteiger partial charge >= 0.3 is 16.5 Å². The lowest BCUT2D eigenvalue weighted by molar-refractivity contribution is -0.0612. The van der Waals surface area contributed by atoms with Crippen molar-refractivity contribution in [1.29, 1.82) is 10.5 Å². The molecule has 0 aliphatic rings. The van der Waals surface area contributed by atoms with Crippen LogP contribution in [0.15, 0.2) is 0 Å². The molecule has 11 nitrogen and oxygen atoms in total. The number of aliphatic hydroxyl groups is 3. The average Bonchev–Trinajstić information content (AvgIpc) is 2.39. The van der Waals surface area contributed by atoms with E-state index in [0.717, 1.165) is 0 Å². The van der Waals surface area contributed by atoms with Crippen molar-refractivity contribution in [3.05, 3.63) is 0 Å². The van der Waals surface area contributed by atoms with Gasteiger partial charge in [0.15, 0.2) is 0 Å². The maximum atomic E-state index is 9.44. The van der Waals surface area contributed by atoms with Crippen molar-refractivity contribution in [3.63, 3.8) is 0 Å². The standard InChI is InChI=1S/C7H10N2O4.H4O5P2/c8-1-6(13-5-9)7(2-10,3-11)4-12;1-6(2)5-7(3)4/h6,10-12H,2-4H2;6-7H,(H,1,2)(H,3,4). The van der Waals surface area contributed by atoms with Gasteiger partial charge in [-0.2, -0.15) is 10.5 Å². The number of nitriles is 2. The highest BCUT2D eigenvalue weighted by molar-refractivity contribution is 7.46. The van der Waals surface area contributed by atoms with E-state index in [-0.39, 0.29) is 0 Å². The number of aliphatic hydroxyl groups excluding tert-OH is 3. The zero-order chi connectivity index (χ0) is 16.2. The maximum Gasteiger partial charge on any atom is 0.323 e. The van der Waals surface area contributed by atoms with E-state index in [9.17, 15) is 9.13 Å². The van der Waals surface area contributed by atoms with Crippen LogP contribution >= 0.6 is 16.5 Å². The van der Waals surface area contributed by atoms with E-state index in [2.05, 4.69) is 9.05 Å². The Morgan fingerprint density at radius 1 is 1.05 bits per heavy atom. The number of rotatable bonds is 7. The van der Waals surface area contributed by atoms with Gasteiger partial charge in [0.25, 0.3) is 6.26 Å². The summed E-state index contributed by atoms with van der Waals surface area (Å²) in [6, 6.07) is 1.57. The molecule has 0 bridgehead atoms. The first-order chi connectivity index (χ1) is 9.33. The first-order valence-electron chi connectivity index (χ1n) is 4.74. The number of hydrogen-bond acceptors (Lipinski definition) is 9. The van der Waals surface area contributed by atoms with Gasteiger partial charge in [0, 0.05) is 0 Å². The van der Waals surface area contributed by atoms with Crippen molar-refractivity contribution in [1.82, 2.24) is 0 Å². The van der Waals surface area contributed by atoms with Crippen molar-refractivity contribution in [2.24, 2.45) is 5.41 Å². The third-order valence-electron chi connectivity index (χ3n) is 1.96. The van der Waals surface area contributed by atoms with Crippen LogP contribution in [0.1, 0.15) is 0 Å². The van der Waals surface area contributed by atoms with E-state index in [0.29, 0.717) is 0 Å². The molecule has 0 aromatic rings. The van der Waals surface area contributed by atoms with Gasteiger partial charge in [0.2, 0.25) is 6.10 Å². The predicted octanol–water partition coefficient (Wildman–Crippen LogP) is -1.89. The van der Waals surface area contributed by atoms with Crippen LogP contribution in [0.2, 0.25) is 0 Å². The second-order valence-corrected chi connectivity index (χ2v) is 5.07. The minimum atomic E-state index is -3.20. The van der Waals surface area contributed by atoms with Gasteiger partial charge in [0.05, 0.1) is 25.2 Å². The highest BCUT2D eigenvalue weighted by atomic mass is 31.2. The Morgan fingerprint density at radius 2 is 1.45 bits per heavy atom. The first-order valence-corrected chi connectivity index (χ1v) is 7.26. The number of nitrogens with zero attached hydrogens (tertiary/aromatic N) is 2. The Balaban J connectivity index is 0. The molecule has 3 atom stereocenters. The molecule has 0 aliphatic carbocycles. The topological polar surface area (TPSA) is 201 Å². The lowest BCUT2D eigenvalue weighted by atomic mass is 9.85. The molecule has 0 rings (SSSR count). The van der Waals surface area contributed by atoms with E-state index in [1.165, 1.54) is 6.26 Å². The summed E-state index contributed by atoms with van der Waals surface area (Å²) in [5, 5.41) is 43.2. The normalized spacial score (nSPS) is 14.8. The van der Waals surface area contributed by atoms with Crippen LogP contribution in [-0.4, -0.2) is 51.0 Å². The van der Waals surface area contributed by atoms with Gasteiger partial charge in [0.1, 0.15) is 6.07 Å². The summed E-state index contributed by atoms with van der Waals surface area (Å²) < 4.78 is 26.6. The second-order valence-electron chi connectivity index (χ2n) is 3.19. The minimum Gasteiger partial charge on any atom is -0.408 e. The van der Waals surface area contributed by atoms with Crippen molar-refractivity contribution in [2.75, 3.05) is 19.8 Å². The highest BCUT2D eigenvalue weighted by Crippen LogP contribution is 2.30. The molecule has 116 valence electrons. The van der Waals surface area contributed by atoms with Gasteiger partial charge in [-0.05, 0) is 0 Å². The van der Waals surface area contributed by atoms with Crippen LogP contribution in [0, 0.1) is 28.3 Å². The van der Waals surface area contributed by atoms with Gasteiger partial charge in [-0.25, -0.2) is 4.31 Å². The van der Waals surface area contributed by atoms with E-state index in [1.807, 2.05) is 0 Å². The minimum absolute atomic E-state index is 0.639. The fourth-order valence-electron chi connectivity index (χ4n) is 0.814. The summed E-state index contributed by atoms with van der Waals surface area (Å²) in [4.78, 5) is 15.4. The molecule has 0 aliphatic heterocycles. The quantitative estimate of drug-likeness (QED) is 0.257. The van der Waals surface area contributed by atoms with Crippen LogP contribution in [0.25, 0.3) is 0 Å². The molecule has 0 fully saturated rings. The number of ether oxygens (including phenoxy) is 1. The lowest BCUT2D eigenvalue weighted by Gasteiger charge is -2.29. The molecule has 5 N–H and O–H groups in total. The third-order valence-corrected chi connectivity index (χ3v) is 3.36. The average molecular weight is 332 g/mol. The van der Waals surface area contributed by atoms with Crippen molar-refractivity contribution in [3.8, 4) is 12.3 Å². The Hall–Kier alpha value is -1.00. The monoisotopic (exact) mass is 332 g/mol. The molecule has 0 aromatic carbocycles. The highest BCUT2D eigenvalue weighted by Gasteiger charge is 2.40. The SMILES string of the molecule is N#COC(C#N)C(CO)(CO)CO.O=[PH](O)O[PH](=O)O. The first kappa shape index (κ1) is 21.3. The molecule has 0 amide bonds. The summed E-state index contributed by atoms with van der Waals surface area (Å²) >= 11 is 0. The summed E-state index contributed by atoms with van der Waals surface area (Å²) in [5.74, 6) is 0. The van der Waals surface area contributed by atoms with Crippen LogP contribution in [0.3, 0.4) is 0 Å². The Kier molecular flexibility index (Phi) is 12.6. The Labute approximate surface area is 115 Å². The molecule has 0 saturated heterocycles. The van der Waals surface area contributed by atoms with E-state index in [1.54, 1.807) is 6.07 Å². The smallest absolute Gasteiger partial charge is 0.323 e. The van der Waals surface area contributed by atoms with E-state index < -0.39 is 47.8 Å². The van der Waals surface area contributed by atoms with Crippen molar-refractivity contribution >= 4 is 16.5 Å². The van der Waals surface area contributed by atoms with Crippen molar-refractivity contribution in [2.45, 2.75) is 6.10 Å². The van der Waals surface area contributed by atoms with Crippen LogP contribution < -0.4 is 0 Å². The lowest BCUT2D eigenvalue weighted by Crippen LogP contribution is -2.45. The zero-order valence-electron chi connectivity index (χ0n) is 9.96. The van der Waals surface area contributed by atoms with E-state index >= 15 is 0 Å². The Bertz CT molecular complexity index is 380. The molecular formula is C7H14N2O9P2. The van der Waals surface area contributed by atoms with E-state index in [4.69, 9.17) is 35.6 Å². The molecule has 13 heteroatoms. The maximum absolute atomic E-state index is 9.44.